The molecule has 0 spiro atoms. The first-order chi connectivity index (χ1) is 28.6. The minimum atomic E-state index is -1.13. The van der Waals surface area contributed by atoms with E-state index in [-0.39, 0.29) is 42.7 Å². The fraction of sp³-hybridized carbons (Fsp3) is 0.706. The molecule has 0 heterocycles. The molecule has 8 heteroatoms. The summed E-state index contributed by atoms with van der Waals surface area (Å²) in [5, 5.41) is 11.6. The predicted octanol–water partition coefficient (Wildman–Crippen LogP) is 11.8. The predicted molar refractivity (Wildman–Crippen MR) is 245 cm³/mol. The van der Waals surface area contributed by atoms with Crippen molar-refractivity contribution in [1.82, 2.24) is 0 Å². The van der Waals surface area contributed by atoms with Crippen molar-refractivity contribution in [3.8, 4) is 0 Å². The van der Waals surface area contributed by atoms with E-state index < -0.39 is 18.1 Å². The van der Waals surface area contributed by atoms with E-state index in [0.717, 1.165) is 103 Å². The van der Waals surface area contributed by atoms with Crippen LogP contribution in [0.5, 0.6) is 0 Å². The number of esters is 2. The zero-order chi connectivity index (χ0) is 43.5. The Hall–Kier alpha value is -3.23. The number of nitrogens with zero attached hydrogens (tertiary/aromatic N) is 1. The standard InChI is InChI=1S/C51H87NO7/c1-6-8-10-12-14-16-18-20-21-22-23-24-25-26-27-28-29-30-32-34-36-38-40-42-50(54)59-47(45-57-44-43-48(51(55)56)52(3,4)5)46-58-49(53)41-39-37-35-33-31-19-17-15-13-11-9-7-2/h8-11,14-17,20-21,23-24,47-48H,6-7,12-13,18-19,22,25-46H2,1-5H3/b10-8+,11-9+,16-14+,17-15+,21-20+,24-23+. The van der Waals surface area contributed by atoms with E-state index in [1.807, 2.05) is 0 Å². The fourth-order valence-corrected chi connectivity index (χ4v) is 6.51. The molecule has 0 amide bonds. The molecule has 8 nitrogen and oxygen atoms in total. The van der Waals surface area contributed by atoms with E-state index in [9.17, 15) is 19.5 Å². The minimum absolute atomic E-state index is 0.0315. The van der Waals surface area contributed by atoms with Crippen LogP contribution in [0, 0.1) is 0 Å². The molecule has 59 heavy (non-hydrogen) atoms. The molecule has 0 saturated heterocycles. The first kappa shape index (κ1) is 55.8. The maximum absolute atomic E-state index is 12.7. The number of unbranched alkanes of at least 4 members (excludes halogenated alkanes) is 15. The van der Waals surface area contributed by atoms with Crippen molar-refractivity contribution < 1.29 is 38.2 Å². The van der Waals surface area contributed by atoms with Gasteiger partial charge in [-0.1, -0.05) is 157 Å². The highest BCUT2D eigenvalue weighted by Crippen LogP contribution is 2.14. The van der Waals surface area contributed by atoms with Gasteiger partial charge < -0.3 is 28.6 Å². The second-order valence-corrected chi connectivity index (χ2v) is 16.6. The van der Waals surface area contributed by atoms with Crippen LogP contribution in [-0.2, 0) is 28.6 Å². The van der Waals surface area contributed by atoms with Gasteiger partial charge in [0.2, 0.25) is 0 Å². The number of carbonyl (C=O) groups is 3. The number of carboxylic acid groups (broad SMARTS) is 1. The van der Waals surface area contributed by atoms with E-state index in [2.05, 4.69) is 86.8 Å². The molecule has 2 atom stereocenters. The molecule has 0 fully saturated rings. The minimum Gasteiger partial charge on any atom is -0.544 e. The first-order valence-electron chi connectivity index (χ1n) is 23.5. The smallest absolute Gasteiger partial charge is 0.306 e. The van der Waals surface area contributed by atoms with Gasteiger partial charge in [-0.2, -0.15) is 0 Å². The first-order valence-corrected chi connectivity index (χ1v) is 23.5. The van der Waals surface area contributed by atoms with Crippen LogP contribution in [0.25, 0.3) is 0 Å². The maximum Gasteiger partial charge on any atom is 0.306 e. The monoisotopic (exact) mass is 826 g/mol. The normalized spacial score (nSPS) is 13.6. The van der Waals surface area contributed by atoms with E-state index in [1.54, 1.807) is 21.1 Å². The van der Waals surface area contributed by atoms with Crippen LogP contribution < -0.4 is 5.11 Å². The van der Waals surface area contributed by atoms with Crippen molar-refractivity contribution in [3.05, 3.63) is 72.9 Å². The summed E-state index contributed by atoms with van der Waals surface area (Å²) in [4.78, 5) is 36.9. The van der Waals surface area contributed by atoms with Gasteiger partial charge in [0.15, 0.2) is 6.10 Å². The number of quaternary nitrogens is 1. The van der Waals surface area contributed by atoms with E-state index in [4.69, 9.17) is 14.2 Å². The molecule has 0 aliphatic carbocycles. The summed E-state index contributed by atoms with van der Waals surface area (Å²) in [7, 11) is 5.40. The molecule has 0 bridgehead atoms. The highest BCUT2D eigenvalue weighted by molar-refractivity contribution is 5.70. The zero-order valence-corrected chi connectivity index (χ0v) is 38.4. The lowest BCUT2D eigenvalue weighted by Gasteiger charge is -2.34. The lowest BCUT2D eigenvalue weighted by molar-refractivity contribution is -0.889. The largest absolute Gasteiger partial charge is 0.544 e. The van der Waals surface area contributed by atoms with Crippen LogP contribution in [0.3, 0.4) is 0 Å². The van der Waals surface area contributed by atoms with E-state index in [0.29, 0.717) is 12.8 Å². The highest BCUT2D eigenvalue weighted by atomic mass is 16.6. The van der Waals surface area contributed by atoms with Gasteiger partial charge in [0.05, 0.1) is 40.3 Å². The van der Waals surface area contributed by atoms with Gasteiger partial charge in [-0.15, -0.1) is 0 Å². The number of rotatable bonds is 41. The molecule has 0 saturated carbocycles. The average molecular weight is 826 g/mol. The Kier molecular flexibility index (Phi) is 39.2. The van der Waals surface area contributed by atoms with Crippen molar-refractivity contribution in [1.29, 1.82) is 0 Å². The lowest BCUT2D eigenvalue weighted by Crippen LogP contribution is -2.55. The van der Waals surface area contributed by atoms with Crippen molar-refractivity contribution in [2.24, 2.45) is 0 Å². The Labute approximate surface area is 361 Å². The number of hydrogen-bond acceptors (Lipinski definition) is 7. The fourth-order valence-electron chi connectivity index (χ4n) is 6.51. The van der Waals surface area contributed by atoms with E-state index in [1.165, 1.54) is 44.9 Å². The Morgan fingerprint density at radius 2 is 0.898 bits per heavy atom. The van der Waals surface area contributed by atoms with Crippen LogP contribution in [0.4, 0.5) is 0 Å². The third-order valence-corrected chi connectivity index (χ3v) is 10.1. The SMILES string of the molecule is CC/C=C/C/C=C/C/C=C/C/C=C/CCCCCCCCCCCCC(=O)OC(COCCC(C(=O)[O-])[N+](C)(C)C)COC(=O)CCCCCCC/C=C/C/C=C/CC. The Balaban J connectivity index is 4.26. The molecule has 0 aromatic rings. The summed E-state index contributed by atoms with van der Waals surface area (Å²) in [5.41, 5.74) is 0. The Bertz CT molecular complexity index is 1190. The van der Waals surface area contributed by atoms with Gasteiger partial charge in [0.25, 0.3) is 0 Å². The molecular formula is C51H87NO7. The summed E-state index contributed by atoms with van der Waals surface area (Å²) in [6, 6.07) is -0.731. The highest BCUT2D eigenvalue weighted by Gasteiger charge is 2.25. The van der Waals surface area contributed by atoms with Crippen LogP contribution in [0.1, 0.15) is 181 Å². The summed E-state index contributed by atoms with van der Waals surface area (Å²) in [5.74, 6) is -1.77. The molecular weight excluding hydrogens is 739 g/mol. The second-order valence-electron chi connectivity index (χ2n) is 16.6. The van der Waals surface area contributed by atoms with E-state index >= 15 is 0 Å². The number of aliphatic carboxylic acids is 1. The third kappa shape index (κ3) is 40.0. The van der Waals surface area contributed by atoms with Crippen LogP contribution >= 0.6 is 0 Å². The molecule has 0 aromatic carbocycles. The van der Waals surface area contributed by atoms with Gasteiger partial charge in [-0.05, 0) is 77.0 Å². The quantitative estimate of drug-likeness (QED) is 0.0262. The maximum atomic E-state index is 12.7. The van der Waals surface area contributed by atoms with Gasteiger partial charge in [0.1, 0.15) is 12.6 Å². The number of carbonyl (C=O) groups excluding carboxylic acids is 3. The van der Waals surface area contributed by atoms with Crippen molar-refractivity contribution in [2.45, 2.75) is 193 Å². The van der Waals surface area contributed by atoms with Crippen molar-refractivity contribution in [2.75, 3.05) is 41.0 Å². The van der Waals surface area contributed by atoms with Gasteiger partial charge in [-0.25, -0.2) is 0 Å². The number of ether oxygens (including phenoxy) is 3. The number of carboxylic acids is 1. The van der Waals surface area contributed by atoms with Crippen LogP contribution in [-0.4, -0.2) is 75.5 Å². The van der Waals surface area contributed by atoms with Crippen molar-refractivity contribution in [3.63, 3.8) is 0 Å². The number of allylic oxidation sites excluding steroid dienone is 12. The number of hydrogen-bond donors (Lipinski definition) is 0. The average Bonchev–Trinajstić information content (AvgIpc) is 3.19. The summed E-state index contributed by atoms with van der Waals surface area (Å²) >= 11 is 0. The van der Waals surface area contributed by atoms with Gasteiger partial charge >= 0.3 is 11.9 Å². The summed E-state index contributed by atoms with van der Waals surface area (Å²) in [6.07, 6.45) is 52.2. The second kappa shape index (κ2) is 41.5. The zero-order valence-electron chi connectivity index (χ0n) is 38.4. The molecule has 0 aliphatic rings. The Morgan fingerprint density at radius 1 is 0.508 bits per heavy atom. The molecule has 0 aliphatic heterocycles. The third-order valence-electron chi connectivity index (χ3n) is 10.1. The van der Waals surface area contributed by atoms with Crippen molar-refractivity contribution >= 4 is 17.9 Å². The topological polar surface area (TPSA) is 102 Å². The summed E-state index contributed by atoms with van der Waals surface area (Å²) < 4.78 is 17.2. The van der Waals surface area contributed by atoms with Gasteiger partial charge in [-0.3, -0.25) is 9.59 Å². The lowest BCUT2D eigenvalue weighted by atomic mass is 10.0. The van der Waals surface area contributed by atoms with Gasteiger partial charge in [0, 0.05) is 19.3 Å². The van der Waals surface area contributed by atoms with Crippen LogP contribution in [0.15, 0.2) is 72.9 Å². The molecule has 0 N–H and O–H groups in total. The number of likely N-dealkylation sites (N-methyl/N-ethyl adjacent to an activating group) is 1. The molecule has 0 rings (SSSR count). The molecule has 0 aromatic heterocycles. The Morgan fingerprint density at radius 3 is 1.32 bits per heavy atom. The molecule has 0 radical (unpaired) electrons. The summed E-state index contributed by atoms with van der Waals surface area (Å²) in [6.45, 7) is 4.41. The van der Waals surface area contributed by atoms with Crippen LogP contribution in [0.2, 0.25) is 0 Å². The molecule has 338 valence electrons. The molecule has 2 unspecified atom stereocenters.